The van der Waals surface area contributed by atoms with Gasteiger partial charge in [-0.05, 0) is 57.4 Å². The van der Waals surface area contributed by atoms with E-state index in [9.17, 15) is 9.59 Å². The number of amides is 1. The molecule has 0 radical (unpaired) electrons. The van der Waals surface area contributed by atoms with E-state index >= 15 is 0 Å². The number of esters is 1. The number of ether oxygens (including phenoxy) is 1. The van der Waals surface area contributed by atoms with Gasteiger partial charge in [-0.3, -0.25) is 14.9 Å². The smallest absolute Gasteiger partial charge is 0.323 e. The first kappa shape index (κ1) is 19.9. The summed E-state index contributed by atoms with van der Waals surface area (Å²) in [5, 5.41) is 3.26. The van der Waals surface area contributed by atoms with Crippen molar-refractivity contribution in [1.82, 2.24) is 10.2 Å². The van der Waals surface area contributed by atoms with Crippen molar-refractivity contribution in [2.75, 3.05) is 13.2 Å². The van der Waals surface area contributed by atoms with Gasteiger partial charge < -0.3 is 9.64 Å². The van der Waals surface area contributed by atoms with Gasteiger partial charge >= 0.3 is 5.97 Å². The summed E-state index contributed by atoms with van der Waals surface area (Å²) in [7, 11) is 0. The van der Waals surface area contributed by atoms with E-state index in [0.29, 0.717) is 25.0 Å². The summed E-state index contributed by atoms with van der Waals surface area (Å²) in [6.07, 6.45) is 6.11. The molecule has 0 spiro atoms. The zero-order chi connectivity index (χ0) is 19.2. The fourth-order valence-corrected chi connectivity index (χ4v) is 4.60. The Hall–Kier alpha value is -1.88. The van der Waals surface area contributed by atoms with Gasteiger partial charge in [0.05, 0.1) is 12.6 Å². The predicted octanol–water partition coefficient (Wildman–Crippen LogP) is 2.93. The Morgan fingerprint density at radius 2 is 2.00 bits per heavy atom. The second-order valence-electron chi connectivity index (χ2n) is 7.80. The van der Waals surface area contributed by atoms with Crippen LogP contribution in [0.5, 0.6) is 0 Å². The van der Waals surface area contributed by atoms with Crippen molar-refractivity contribution in [2.24, 2.45) is 5.92 Å². The number of aryl methyl sites for hydroxylation is 1. The van der Waals surface area contributed by atoms with Crippen molar-refractivity contribution in [1.29, 1.82) is 0 Å². The molecule has 3 rings (SSSR count). The van der Waals surface area contributed by atoms with Gasteiger partial charge in [0, 0.05) is 12.6 Å². The Balaban J connectivity index is 1.60. The number of rotatable bonds is 8. The lowest BCUT2D eigenvalue weighted by Crippen LogP contribution is -2.52. The van der Waals surface area contributed by atoms with Gasteiger partial charge in [-0.1, -0.05) is 36.8 Å². The normalized spacial score (nSPS) is 23.7. The lowest BCUT2D eigenvalue weighted by atomic mass is 10.0. The first-order chi connectivity index (χ1) is 13.1. The minimum atomic E-state index is -0.467. The summed E-state index contributed by atoms with van der Waals surface area (Å²) in [5.41, 5.74) is 1.18. The third kappa shape index (κ3) is 4.89. The van der Waals surface area contributed by atoms with Gasteiger partial charge in [0.1, 0.15) is 6.04 Å². The summed E-state index contributed by atoms with van der Waals surface area (Å²) in [6, 6.07) is 9.66. The number of likely N-dealkylation sites (tertiary alicyclic amines) is 1. The van der Waals surface area contributed by atoms with E-state index in [1.54, 1.807) is 0 Å². The highest BCUT2D eigenvalue weighted by atomic mass is 16.5. The van der Waals surface area contributed by atoms with Crippen LogP contribution in [0.4, 0.5) is 0 Å². The zero-order valence-corrected chi connectivity index (χ0v) is 16.5. The molecule has 1 aliphatic carbocycles. The third-order valence-corrected chi connectivity index (χ3v) is 6.00. The maximum atomic E-state index is 13.0. The van der Waals surface area contributed by atoms with Gasteiger partial charge in [0.25, 0.3) is 0 Å². The highest BCUT2D eigenvalue weighted by Crippen LogP contribution is 2.37. The van der Waals surface area contributed by atoms with Crippen LogP contribution in [-0.2, 0) is 20.7 Å². The van der Waals surface area contributed by atoms with Gasteiger partial charge in [-0.2, -0.15) is 0 Å². The van der Waals surface area contributed by atoms with Crippen LogP contribution in [0.2, 0.25) is 0 Å². The molecule has 1 N–H and O–H groups in total. The summed E-state index contributed by atoms with van der Waals surface area (Å²) >= 11 is 0. The van der Waals surface area contributed by atoms with Gasteiger partial charge in [0.2, 0.25) is 5.91 Å². The van der Waals surface area contributed by atoms with Crippen molar-refractivity contribution < 1.29 is 14.3 Å². The molecule has 27 heavy (non-hydrogen) atoms. The van der Waals surface area contributed by atoms with Crippen molar-refractivity contribution in [2.45, 2.75) is 70.5 Å². The van der Waals surface area contributed by atoms with E-state index in [1.165, 1.54) is 18.4 Å². The number of fused-ring (bicyclic) bond motifs is 1. The lowest BCUT2D eigenvalue weighted by Gasteiger charge is -2.29. The Morgan fingerprint density at radius 3 is 2.74 bits per heavy atom. The summed E-state index contributed by atoms with van der Waals surface area (Å²) in [5.74, 6) is 0.534. The van der Waals surface area contributed by atoms with Crippen LogP contribution in [0.25, 0.3) is 0 Å². The molecule has 148 valence electrons. The Bertz CT molecular complexity index is 634. The molecule has 1 aromatic carbocycles. The fourth-order valence-electron chi connectivity index (χ4n) is 4.60. The van der Waals surface area contributed by atoms with Crippen LogP contribution in [0.15, 0.2) is 30.3 Å². The maximum absolute atomic E-state index is 13.0. The molecule has 1 saturated carbocycles. The second kappa shape index (κ2) is 9.36. The summed E-state index contributed by atoms with van der Waals surface area (Å²) < 4.78 is 5.24. The number of hydrogen-bond donors (Lipinski definition) is 1. The standard InChI is InChI=1S/C22H32N2O3/c1-3-27-22(26)19(13-12-17-8-5-4-6-9-17)23-16(2)21(25)24-15-14-18-10-7-11-20(18)24/h4-6,8-9,16,18-20,23H,3,7,10-15H2,1-2H3. The van der Waals surface area contributed by atoms with E-state index in [1.807, 2.05) is 32.0 Å². The number of nitrogens with zero attached hydrogens (tertiary/aromatic N) is 1. The van der Waals surface area contributed by atoms with E-state index in [2.05, 4.69) is 22.3 Å². The number of carbonyl (C=O) groups excluding carboxylic acids is 2. The molecule has 4 unspecified atom stereocenters. The molecule has 0 aromatic heterocycles. The third-order valence-electron chi connectivity index (χ3n) is 6.00. The van der Waals surface area contributed by atoms with Crippen molar-refractivity contribution in [3.63, 3.8) is 0 Å². The SMILES string of the molecule is CCOC(=O)C(CCc1ccccc1)NC(C)C(=O)N1CCC2CCCC21. The molecule has 2 fully saturated rings. The number of carbonyl (C=O) groups is 2. The molecule has 1 amide bonds. The quantitative estimate of drug-likeness (QED) is 0.713. The average Bonchev–Trinajstić information content (AvgIpc) is 3.29. The van der Waals surface area contributed by atoms with E-state index < -0.39 is 6.04 Å². The van der Waals surface area contributed by atoms with Gasteiger partial charge in [-0.15, -0.1) is 0 Å². The van der Waals surface area contributed by atoms with Crippen molar-refractivity contribution >= 4 is 11.9 Å². The van der Waals surface area contributed by atoms with E-state index in [4.69, 9.17) is 4.74 Å². The Kier molecular flexibility index (Phi) is 6.89. The van der Waals surface area contributed by atoms with E-state index in [-0.39, 0.29) is 17.9 Å². The molecule has 1 aliphatic heterocycles. The number of nitrogens with one attached hydrogen (secondary N) is 1. The van der Waals surface area contributed by atoms with E-state index in [0.717, 1.165) is 25.8 Å². The van der Waals surface area contributed by atoms with Crippen LogP contribution >= 0.6 is 0 Å². The molecule has 1 aromatic rings. The molecule has 2 aliphatic rings. The fraction of sp³-hybridized carbons (Fsp3) is 0.636. The first-order valence-electron chi connectivity index (χ1n) is 10.4. The van der Waals surface area contributed by atoms with Crippen LogP contribution < -0.4 is 5.32 Å². The molecule has 0 bridgehead atoms. The molecule has 4 atom stereocenters. The second-order valence-corrected chi connectivity index (χ2v) is 7.80. The van der Waals surface area contributed by atoms with Gasteiger partial charge in [0.15, 0.2) is 0 Å². The first-order valence-corrected chi connectivity index (χ1v) is 10.4. The Morgan fingerprint density at radius 1 is 1.22 bits per heavy atom. The zero-order valence-electron chi connectivity index (χ0n) is 16.5. The molecule has 5 heteroatoms. The van der Waals surface area contributed by atoms with Gasteiger partial charge in [-0.25, -0.2) is 0 Å². The Labute approximate surface area is 162 Å². The molecule has 1 heterocycles. The summed E-state index contributed by atoms with van der Waals surface area (Å²) in [4.78, 5) is 27.5. The highest BCUT2D eigenvalue weighted by Gasteiger charge is 2.41. The molecule has 5 nitrogen and oxygen atoms in total. The largest absolute Gasteiger partial charge is 0.465 e. The average molecular weight is 373 g/mol. The molecular formula is C22H32N2O3. The minimum absolute atomic E-state index is 0.124. The molecular weight excluding hydrogens is 340 g/mol. The van der Waals surface area contributed by atoms with Crippen LogP contribution in [0.3, 0.4) is 0 Å². The lowest BCUT2D eigenvalue weighted by molar-refractivity contribution is -0.146. The number of benzene rings is 1. The predicted molar refractivity (Wildman–Crippen MR) is 105 cm³/mol. The monoisotopic (exact) mass is 372 g/mol. The van der Waals surface area contributed by atoms with Crippen LogP contribution in [0.1, 0.15) is 51.5 Å². The van der Waals surface area contributed by atoms with Crippen LogP contribution in [-0.4, -0.2) is 48.1 Å². The maximum Gasteiger partial charge on any atom is 0.323 e. The highest BCUT2D eigenvalue weighted by molar-refractivity contribution is 5.83. The number of hydrogen-bond acceptors (Lipinski definition) is 4. The van der Waals surface area contributed by atoms with Crippen molar-refractivity contribution in [3.05, 3.63) is 35.9 Å². The topological polar surface area (TPSA) is 58.6 Å². The molecule has 1 saturated heterocycles. The minimum Gasteiger partial charge on any atom is -0.465 e. The van der Waals surface area contributed by atoms with Crippen molar-refractivity contribution in [3.8, 4) is 0 Å². The van der Waals surface area contributed by atoms with Crippen LogP contribution in [0, 0.1) is 5.92 Å². The summed E-state index contributed by atoms with van der Waals surface area (Å²) in [6.45, 7) is 4.89.